The van der Waals surface area contributed by atoms with Gasteiger partial charge >= 0.3 is 0 Å². The van der Waals surface area contributed by atoms with Crippen LogP contribution >= 0.6 is 0 Å². The molecule has 0 aromatic heterocycles. The van der Waals surface area contributed by atoms with Crippen LogP contribution < -0.4 is 0 Å². The van der Waals surface area contributed by atoms with Gasteiger partial charge in [0.2, 0.25) is 0 Å². The van der Waals surface area contributed by atoms with Gasteiger partial charge in [-0.2, -0.15) is 0 Å². The van der Waals surface area contributed by atoms with Crippen molar-refractivity contribution < 1.29 is 0 Å². The van der Waals surface area contributed by atoms with Gasteiger partial charge in [0.1, 0.15) is 0 Å². The predicted octanol–water partition coefficient (Wildman–Crippen LogP) is 4.26. The summed E-state index contributed by atoms with van der Waals surface area (Å²) in [5.74, 6) is 0.650. The van der Waals surface area contributed by atoms with Crippen molar-refractivity contribution in [2.24, 2.45) is 5.92 Å². The molecule has 0 nitrogen and oxygen atoms in total. The number of rotatable bonds is 2. The van der Waals surface area contributed by atoms with Crippen LogP contribution in [0.3, 0.4) is 0 Å². The molecular weight excluding hydrogens is 156 g/mol. The van der Waals surface area contributed by atoms with Crippen LogP contribution in [-0.2, 0) is 0 Å². The van der Waals surface area contributed by atoms with Crippen molar-refractivity contribution in [1.29, 1.82) is 0 Å². The molecule has 72 valence electrons. The molecule has 0 aliphatic heterocycles. The van der Waals surface area contributed by atoms with Crippen molar-refractivity contribution in [3.8, 4) is 0 Å². The molecule has 0 spiro atoms. The van der Waals surface area contributed by atoms with Gasteiger partial charge in [0.05, 0.1) is 0 Å². The van der Waals surface area contributed by atoms with Crippen LogP contribution in [0.5, 0.6) is 0 Å². The van der Waals surface area contributed by atoms with E-state index in [9.17, 15) is 0 Å². The first-order chi connectivity index (χ1) is 6.11. The van der Waals surface area contributed by atoms with E-state index in [1.165, 1.54) is 22.3 Å². The van der Waals surface area contributed by atoms with Crippen LogP contribution in [0.2, 0.25) is 0 Å². The van der Waals surface area contributed by atoms with Crippen LogP contribution in [0, 0.1) is 5.92 Å². The zero-order chi connectivity index (χ0) is 10.0. The Morgan fingerprint density at radius 3 is 2.38 bits per heavy atom. The van der Waals surface area contributed by atoms with E-state index in [4.69, 9.17) is 0 Å². The minimum Gasteiger partial charge on any atom is -0.0839 e. The lowest BCUT2D eigenvalue weighted by Crippen LogP contribution is -1.93. The Labute approximate surface area is 82.0 Å². The Hall–Kier alpha value is -0.780. The van der Waals surface area contributed by atoms with Gasteiger partial charge < -0.3 is 0 Å². The Kier molecular flexibility index (Phi) is 3.13. The van der Waals surface area contributed by atoms with Gasteiger partial charge in [0, 0.05) is 0 Å². The van der Waals surface area contributed by atoms with E-state index in [-0.39, 0.29) is 0 Å². The van der Waals surface area contributed by atoms with Crippen molar-refractivity contribution in [2.45, 2.75) is 41.0 Å². The lowest BCUT2D eigenvalue weighted by atomic mass is 9.96. The van der Waals surface area contributed by atoms with Crippen molar-refractivity contribution >= 4 is 0 Å². The second-order valence-electron chi connectivity index (χ2n) is 3.87. The summed E-state index contributed by atoms with van der Waals surface area (Å²) in [5.41, 5.74) is 6.00. The summed E-state index contributed by atoms with van der Waals surface area (Å²) in [6.07, 6.45) is 5.72. The maximum atomic E-state index is 2.35. The molecule has 1 rings (SSSR count). The molecule has 0 saturated carbocycles. The summed E-state index contributed by atoms with van der Waals surface area (Å²) in [7, 11) is 0. The molecule has 0 aromatic carbocycles. The summed E-state index contributed by atoms with van der Waals surface area (Å²) in [6.45, 7) is 11.1. The third kappa shape index (κ3) is 1.77. The molecule has 0 radical (unpaired) electrons. The van der Waals surface area contributed by atoms with E-state index >= 15 is 0 Å². The normalized spacial score (nSPS) is 23.9. The molecule has 0 heteroatoms. The fourth-order valence-corrected chi connectivity index (χ4v) is 1.94. The Morgan fingerprint density at radius 1 is 1.46 bits per heavy atom. The van der Waals surface area contributed by atoms with Gasteiger partial charge in [-0.25, -0.2) is 0 Å². The highest BCUT2D eigenvalue weighted by Gasteiger charge is 2.18. The van der Waals surface area contributed by atoms with Crippen LogP contribution in [-0.4, -0.2) is 0 Å². The van der Waals surface area contributed by atoms with Gasteiger partial charge in [0.25, 0.3) is 0 Å². The van der Waals surface area contributed by atoms with E-state index < -0.39 is 0 Å². The molecule has 13 heavy (non-hydrogen) atoms. The van der Waals surface area contributed by atoms with Crippen LogP contribution in [0.1, 0.15) is 41.0 Å². The molecule has 0 N–H and O–H groups in total. The zero-order valence-electron chi connectivity index (χ0n) is 9.44. The highest BCUT2D eigenvalue weighted by Crippen LogP contribution is 2.35. The van der Waals surface area contributed by atoms with E-state index in [0.717, 1.165) is 6.42 Å². The number of allylic oxidation sites excluding steroid dienone is 6. The van der Waals surface area contributed by atoms with E-state index in [0.29, 0.717) is 5.92 Å². The standard InChI is InChI=1S/C13H20/c1-6-12(7-2)13-8-9(3)10(4)11(13)5/h6,8,10H,7H2,1-5H3/b12-6-. The summed E-state index contributed by atoms with van der Waals surface area (Å²) >= 11 is 0. The third-order valence-electron chi connectivity index (χ3n) is 3.20. The van der Waals surface area contributed by atoms with Gasteiger partial charge in [-0.1, -0.05) is 37.1 Å². The summed E-state index contributed by atoms with van der Waals surface area (Å²) in [5, 5.41) is 0. The maximum Gasteiger partial charge on any atom is -0.00145 e. The van der Waals surface area contributed by atoms with Crippen molar-refractivity contribution in [2.75, 3.05) is 0 Å². The summed E-state index contributed by atoms with van der Waals surface area (Å²) in [6, 6.07) is 0. The van der Waals surface area contributed by atoms with Gasteiger partial charge in [-0.3, -0.25) is 0 Å². The molecule has 0 heterocycles. The first-order valence-corrected chi connectivity index (χ1v) is 5.16. The van der Waals surface area contributed by atoms with E-state index in [1.54, 1.807) is 0 Å². The summed E-state index contributed by atoms with van der Waals surface area (Å²) in [4.78, 5) is 0. The van der Waals surface area contributed by atoms with E-state index in [1.807, 2.05) is 0 Å². The van der Waals surface area contributed by atoms with Crippen molar-refractivity contribution in [3.05, 3.63) is 34.4 Å². The molecule has 0 bridgehead atoms. The topological polar surface area (TPSA) is 0 Å². The molecule has 0 aromatic rings. The van der Waals surface area contributed by atoms with Gasteiger partial charge in [-0.05, 0) is 44.3 Å². The maximum absolute atomic E-state index is 2.35. The molecular formula is C13H20. The van der Waals surface area contributed by atoms with Gasteiger partial charge in [0.15, 0.2) is 0 Å². The Balaban J connectivity index is 3.05. The molecule has 0 saturated heterocycles. The lowest BCUT2D eigenvalue weighted by molar-refractivity contribution is 0.817. The second-order valence-corrected chi connectivity index (χ2v) is 3.87. The van der Waals surface area contributed by atoms with Crippen LogP contribution in [0.4, 0.5) is 0 Å². The molecule has 1 aliphatic rings. The second kappa shape index (κ2) is 3.95. The fraction of sp³-hybridized carbons (Fsp3) is 0.538. The number of hydrogen-bond acceptors (Lipinski definition) is 0. The van der Waals surface area contributed by atoms with Crippen molar-refractivity contribution in [3.63, 3.8) is 0 Å². The summed E-state index contributed by atoms with van der Waals surface area (Å²) < 4.78 is 0. The van der Waals surface area contributed by atoms with Crippen LogP contribution in [0.25, 0.3) is 0 Å². The average Bonchev–Trinajstić information content (AvgIpc) is 2.36. The molecule has 1 aliphatic carbocycles. The molecule has 1 atom stereocenters. The van der Waals surface area contributed by atoms with Crippen LogP contribution in [0.15, 0.2) is 34.4 Å². The zero-order valence-corrected chi connectivity index (χ0v) is 9.44. The lowest BCUT2D eigenvalue weighted by Gasteiger charge is -2.09. The van der Waals surface area contributed by atoms with Crippen molar-refractivity contribution in [1.82, 2.24) is 0 Å². The third-order valence-corrected chi connectivity index (χ3v) is 3.20. The first-order valence-electron chi connectivity index (χ1n) is 5.16. The number of hydrogen-bond donors (Lipinski definition) is 0. The molecule has 0 fully saturated rings. The Bertz CT molecular complexity index is 287. The smallest absolute Gasteiger partial charge is 0.00145 e. The monoisotopic (exact) mass is 176 g/mol. The largest absolute Gasteiger partial charge is 0.0839 e. The Morgan fingerprint density at radius 2 is 2.08 bits per heavy atom. The SMILES string of the molecule is C/C=C(/CC)C1=C(C)C(C)C(C)=C1. The fourth-order valence-electron chi connectivity index (χ4n) is 1.94. The van der Waals surface area contributed by atoms with Gasteiger partial charge in [-0.15, -0.1) is 0 Å². The molecule has 1 unspecified atom stereocenters. The minimum atomic E-state index is 0.650. The molecule has 0 amide bonds. The minimum absolute atomic E-state index is 0.650. The average molecular weight is 176 g/mol. The quantitative estimate of drug-likeness (QED) is 0.590. The first kappa shape index (κ1) is 10.3. The predicted molar refractivity (Wildman–Crippen MR) is 59.7 cm³/mol. The highest BCUT2D eigenvalue weighted by molar-refractivity contribution is 5.51. The highest BCUT2D eigenvalue weighted by atomic mass is 14.2. The van der Waals surface area contributed by atoms with E-state index in [2.05, 4.69) is 46.8 Å².